The number of amides is 2. The molecule has 14 heteroatoms. The van der Waals surface area contributed by atoms with Crippen LogP contribution < -0.4 is 20.5 Å². The van der Waals surface area contributed by atoms with Gasteiger partial charge >= 0.3 is 5.97 Å². The monoisotopic (exact) mass is 613 g/mol. The number of nitrogens with zero attached hydrogens (tertiary/aromatic N) is 2. The van der Waals surface area contributed by atoms with Gasteiger partial charge in [-0.1, -0.05) is 12.3 Å². The normalized spacial score (nSPS) is 11.9. The third-order valence-electron chi connectivity index (χ3n) is 6.54. The standard InChI is InChI=1S/C29H32FN5O7S/c1-5-12-35(16-19-14-22-25(13-17(19)2)31-18(3)32-28(22)38)20-10-11-21(23(30)15-20)27(37)33-24(29(39)40)8-6-7-9-26(36)34-43(4,41)42/h1,10-11,13-15,24H,6-9,12,16H2,2-4H3,(H,33,37)(H,34,36)(H,39,40)(H,31,32,38). The maximum Gasteiger partial charge on any atom is 0.326 e. The summed E-state index contributed by atoms with van der Waals surface area (Å²) in [6.07, 6.45) is 6.55. The van der Waals surface area contributed by atoms with Crippen molar-refractivity contribution in [1.29, 1.82) is 0 Å². The van der Waals surface area contributed by atoms with Crippen LogP contribution in [-0.2, 0) is 26.2 Å². The van der Waals surface area contributed by atoms with E-state index in [1.807, 2.05) is 11.6 Å². The number of nitrogens with one attached hydrogen (secondary N) is 3. The number of terminal acetylenes is 1. The number of hydrogen-bond acceptors (Lipinski definition) is 8. The smallest absolute Gasteiger partial charge is 0.326 e. The van der Waals surface area contributed by atoms with Crippen molar-refractivity contribution in [3.8, 4) is 12.3 Å². The molecule has 3 aromatic rings. The first-order valence-corrected chi connectivity index (χ1v) is 15.1. The summed E-state index contributed by atoms with van der Waals surface area (Å²) >= 11 is 0. The summed E-state index contributed by atoms with van der Waals surface area (Å²) in [5.41, 5.74) is 1.86. The van der Waals surface area contributed by atoms with Gasteiger partial charge in [-0.05, 0) is 68.1 Å². The van der Waals surface area contributed by atoms with Crippen LogP contribution in [0, 0.1) is 32.0 Å². The summed E-state index contributed by atoms with van der Waals surface area (Å²) in [4.78, 5) is 57.2. The van der Waals surface area contributed by atoms with Crippen molar-refractivity contribution in [1.82, 2.24) is 20.0 Å². The quantitative estimate of drug-likeness (QED) is 0.166. The number of carbonyl (C=O) groups excluding carboxylic acids is 2. The van der Waals surface area contributed by atoms with Crippen molar-refractivity contribution in [2.75, 3.05) is 17.7 Å². The maximum absolute atomic E-state index is 15.2. The lowest BCUT2D eigenvalue weighted by Gasteiger charge is -2.24. The molecule has 3 rings (SSSR count). The molecule has 228 valence electrons. The van der Waals surface area contributed by atoms with Crippen LogP contribution >= 0.6 is 0 Å². The Kier molecular flexibility index (Phi) is 10.6. The Bertz CT molecular complexity index is 1770. The average molecular weight is 614 g/mol. The van der Waals surface area contributed by atoms with Crippen LogP contribution in [0.15, 0.2) is 35.1 Å². The molecule has 12 nitrogen and oxygen atoms in total. The number of aromatic amines is 1. The summed E-state index contributed by atoms with van der Waals surface area (Å²) < 4.78 is 39.2. The SMILES string of the molecule is C#CCN(Cc1cc2c(=O)[nH]c(C)nc2cc1C)c1ccc(C(=O)NC(CCCCC(=O)NS(C)(=O)=O)C(=O)O)c(F)c1. The molecule has 1 atom stereocenters. The topological polar surface area (TPSA) is 179 Å². The zero-order valence-corrected chi connectivity index (χ0v) is 24.7. The molecule has 1 heterocycles. The van der Waals surface area contributed by atoms with Crippen LogP contribution in [-0.4, -0.2) is 60.1 Å². The molecule has 0 aliphatic rings. The van der Waals surface area contributed by atoms with Crippen LogP contribution in [0.3, 0.4) is 0 Å². The van der Waals surface area contributed by atoms with Crippen molar-refractivity contribution >= 4 is 44.4 Å². The van der Waals surface area contributed by atoms with Gasteiger partial charge in [0.2, 0.25) is 15.9 Å². The third-order valence-corrected chi connectivity index (χ3v) is 7.14. The van der Waals surface area contributed by atoms with Crippen LogP contribution in [0.2, 0.25) is 0 Å². The van der Waals surface area contributed by atoms with Gasteiger partial charge in [0.25, 0.3) is 11.5 Å². The van der Waals surface area contributed by atoms with Gasteiger partial charge in [-0.25, -0.2) is 22.6 Å². The molecule has 0 fully saturated rings. The van der Waals surface area contributed by atoms with Gasteiger partial charge in [0.05, 0.1) is 29.3 Å². The van der Waals surface area contributed by atoms with E-state index in [-0.39, 0.29) is 49.9 Å². The number of aryl methyl sites for hydroxylation is 2. The fourth-order valence-electron chi connectivity index (χ4n) is 4.45. The van der Waals surface area contributed by atoms with Crippen LogP contribution in [0.4, 0.5) is 10.1 Å². The number of sulfonamides is 1. The Labute approximate surface area is 247 Å². The molecular weight excluding hydrogens is 581 g/mol. The van der Waals surface area contributed by atoms with Crippen molar-refractivity contribution in [3.63, 3.8) is 0 Å². The Morgan fingerprint density at radius 3 is 2.53 bits per heavy atom. The largest absolute Gasteiger partial charge is 0.480 e. The number of carbonyl (C=O) groups is 3. The lowest BCUT2D eigenvalue weighted by molar-refractivity contribution is -0.139. The van der Waals surface area contributed by atoms with Crippen LogP contribution in [0.5, 0.6) is 0 Å². The van der Waals surface area contributed by atoms with Crippen molar-refractivity contribution in [2.24, 2.45) is 0 Å². The number of carboxylic acids is 1. The van der Waals surface area contributed by atoms with E-state index in [4.69, 9.17) is 6.42 Å². The number of halogens is 1. The molecule has 0 radical (unpaired) electrons. The van der Waals surface area contributed by atoms with Crippen molar-refractivity contribution < 1.29 is 32.3 Å². The van der Waals surface area contributed by atoms with Gasteiger partial charge in [0, 0.05) is 18.7 Å². The number of benzene rings is 2. The number of anilines is 1. The fourth-order valence-corrected chi connectivity index (χ4v) is 4.96. The molecule has 2 amide bonds. The van der Waals surface area contributed by atoms with Gasteiger partial charge in [-0.2, -0.15) is 0 Å². The molecule has 1 unspecified atom stereocenters. The van der Waals surface area contributed by atoms with E-state index in [0.29, 0.717) is 22.4 Å². The van der Waals surface area contributed by atoms with E-state index < -0.39 is 39.7 Å². The Hall–Kier alpha value is -4.77. The highest BCUT2D eigenvalue weighted by atomic mass is 32.2. The van der Waals surface area contributed by atoms with Crippen molar-refractivity contribution in [2.45, 2.75) is 52.1 Å². The Morgan fingerprint density at radius 2 is 1.91 bits per heavy atom. The number of unbranched alkanes of at least 4 members (excludes halogenated alkanes) is 1. The number of carboxylic acid groups (broad SMARTS) is 1. The van der Waals surface area contributed by atoms with E-state index in [9.17, 15) is 32.7 Å². The minimum atomic E-state index is -3.70. The molecule has 0 bridgehead atoms. The second-order valence-electron chi connectivity index (χ2n) is 10.1. The molecule has 0 spiro atoms. The third kappa shape index (κ3) is 9.11. The first-order valence-electron chi connectivity index (χ1n) is 13.2. The van der Waals surface area contributed by atoms with E-state index in [0.717, 1.165) is 23.4 Å². The highest BCUT2D eigenvalue weighted by Gasteiger charge is 2.23. The van der Waals surface area contributed by atoms with Crippen LogP contribution in [0.25, 0.3) is 10.9 Å². The first-order chi connectivity index (χ1) is 20.2. The maximum atomic E-state index is 15.2. The average Bonchev–Trinajstić information content (AvgIpc) is 2.89. The van der Waals surface area contributed by atoms with Crippen molar-refractivity contribution in [3.05, 3.63) is 69.0 Å². The molecule has 0 saturated heterocycles. The Morgan fingerprint density at radius 1 is 1.19 bits per heavy atom. The number of hydrogen-bond donors (Lipinski definition) is 4. The zero-order valence-electron chi connectivity index (χ0n) is 23.9. The molecule has 43 heavy (non-hydrogen) atoms. The molecule has 1 aromatic heterocycles. The molecular formula is C29H32FN5O7S. The number of aliphatic carboxylic acids is 1. The number of rotatable bonds is 13. The van der Waals surface area contributed by atoms with E-state index in [1.165, 1.54) is 12.1 Å². The number of fused-ring (bicyclic) bond motifs is 1. The van der Waals surface area contributed by atoms with Gasteiger partial charge < -0.3 is 20.3 Å². The number of aromatic nitrogens is 2. The highest BCUT2D eigenvalue weighted by Crippen LogP contribution is 2.24. The van der Waals surface area contributed by atoms with Gasteiger partial charge in [-0.3, -0.25) is 19.1 Å². The zero-order chi connectivity index (χ0) is 31.9. The second kappa shape index (κ2) is 13.9. The van der Waals surface area contributed by atoms with Gasteiger partial charge in [-0.15, -0.1) is 6.42 Å². The highest BCUT2D eigenvalue weighted by molar-refractivity contribution is 7.89. The summed E-state index contributed by atoms with van der Waals surface area (Å²) in [6, 6.07) is 5.97. The Balaban J connectivity index is 1.72. The summed E-state index contributed by atoms with van der Waals surface area (Å²) in [5, 5.41) is 12.2. The summed E-state index contributed by atoms with van der Waals surface area (Å²) in [6.45, 7) is 3.87. The van der Waals surface area contributed by atoms with E-state index in [2.05, 4.69) is 21.2 Å². The lowest BCUT2D eigenvalue weighted by atomic mass is 10.0. The molecule has 0 saturated carbocycles. The molecule has 2 aromatic carbocycles. The van der Waals surface area contributed by atoms with E-state index in [1.54, 1.807) is 24.0 Å². The minimum Gasteiger partial charge on any atom is -0.480 e. The molecule has 0 aliphatic heterocycles. The second-order valence-corrected chi connectivity index (χ2v) is 11.8. The summed E-state index contributed by atoms with van der Waals surface area (Å²) in [7, 11) is -3.70. The fraction of sp³-hybridized carbons (Fsp3) is 0.345. The lowest BCUT2D eigenvalue weighted by Crippen LogP contribution is -2.41. The molecule has 0 aliphatic carbocycles. The van der Waals surface area contributed by atoms with Crippen LogP contribution in [0.1, 0.15) is 53.0 Å². The van der Waals surface area contributed by atoms with Gasteiger partial charge in [0.15, 0.2) is 0 Å². The summed E-state index contributed by atoms with van der Waals surface area (Å²) in [5.74, 6) is -0.900. The predicted molar refractivity (Wildman–Crippen MR) is 158 cm³/mol. The van der Waals surface area contributed by atoms with E-state index >= 15 is 4.39 Å². The van der Waals surface area contributed by atoms with Gasteiger partial charge in [0.1, 0.15) is 17.7 Å². The number of H-pyrrole nitrogens is 1. The molecule has 4 N–H and O–H groups in total. The predicted octanol–water partition coefficient (Wildman–Crippen LogP) is 2.14. The first kappa shape index (κ1) is 32.7. The minimum absolute atomic E-state index is 0.0636.